The number of carbonyl (C=O) groups excluding carboxylic acids is 2. The van der Waals surface area contributed by atoms with Gasteiger partial charge in [-0.3, -0.25) is 13.9 Å². The average molecular weight is 490 g/mol. The van der Waals surface area contributed by atoms with Crippen molar-refractivity contribution in [2.24, 2.45) is 0 Å². The minimum Gasteiger partial charge on any atom is -0.494 e. The van der Waals surface area contributed by atoms with E-state index < -0.39 is 22.0 Å². The van der Waals surface area contributed by atoms with Crippen LogP contribution < -0.4 is 19.7 Å². The first kappa shape index (κ1) is 25.5. The third kappa shape index (κ3) is 6.48. The van der Waals surface area contributed by atoms with Gasteiger partial charge in [-0.25, -0.2) is 8.42 Å². The van der Waals surface area contributed by atoms with Crippen LogP contribution >= 0.6 is 0 Å². The first-order valence-electron chi connectivity index (χ1n) is 11.2. The molecule has 0 spiro atoms. The number of anilines is 2. The molecule has 1 fully saturated rings. The smallest absolute Gasteiger partial charge is 0.253 e. The van der Waals surface area contributed by atoms with Crippen molar-refractivity contribution in [2.45, 2.75) is 38.8 Å². The van der Waals surface area contributed by atoms with Crippen LogP contribution in [0.4, 0.5) is 11.4 Å². The van der Waals surface area contributed by atoms with Crippen LogP contribution in [-0.4, -0.2) is 58.4 Å². The van der Waals surface area contributed by atoms with Gasteiger partial charge in [0, 0.05) is 13.2 Å². The number of benzene rings is 2. The molecule has 2 aromatic carbocycles. The molecule has 10 heteroatoms. The number of rotatable bonds is 10. The largest absolute Gasteiger partial charge is 0.494 e. The van der Waals surface area contributed by atoms with Crippen LogP contribution in [-0.2, 0) is 19.6 Å². The van der Waals surface area contributed by atoms with E-state index in [1.165, 1.54) is 6.92 Å². The second-order valence-electron chi connectivity index (χ2n) is 8.04. The molecule has 34 heavy (non-hydrogen) atoms. The number of carbonyl (C=O) groups is 2. The molecule has 2 atom stereocenters. The molecular formula is C24H31N3O6S. The Kier molecular flexibility index (Phi) is 8.51. The lowest BCUT2D eigenvalue weighted by Gasteiger charge is -2.28. The summed E-state index contributed by atoms with van der Waals surface area (Å²) in [7, 11) is -3.79. The summed E-state index contributed by atoms with van der Waals surface area (Å²) in [6, 6.07) is 12.0. The van der Waals surface area contributed by atoms with Crippen LogP contribution in [0.25, 0.3) is 0 Å². The lowest BCUT2D eigenvalue weighted by molar-refractivity contribution is -0.116. The first-order valence-corrected chi connectivity index (χ1v) is 13.1. The molecule has 0 bridgehead atoms. The summed E-state index contributed by atoms with van der Waals surface area (Å²) in [4.78, 5) is 25.8. The van der Waals surface area contributed by atoms with Gasteiger partial charge in [-0.05, 0) is 63.1 Å². The highest BCUT2D eigenvalue weighted by molar-refractivity contribution is 7.92. The summed E-state index contributed by atoms with van der Waals surface area (Å²) in [6.07, 6.45) is 2.89. The van der Waals surface area contributed by atoms with Crippen LogP contribution in [0, 0.1) is 0 Å². The number of para-hydroxylation sites is 1. The number of nitrogens with one attached hydrogen (secondary N) is 2. The minimum absolute atomic E-state index is 0.0110. The van der Waals surface area contributed by atoms with Crippen LogP contribution in [0.2, 0.25) is 0 Å². The third-order valence-corrected chi connectivity index (χ3v) is 6.68. The maximum atomic E-state index is 13.1. The Hall–Kier alpha value is -3.11. The Morgan fingerprint density at radius 1 is 1.18 bits per heavy atom. The summed E-state index contributed by atoms with van der Waals surface area (Å²) < 4.78 is 37.1. The van der Waals surface area contributed by atoms with Gasteiger partial charge in [0.15, 0.2) is 0 Å². The Morgan fingerprint density at radius 3 is 2.50 bits per heavy atom. The highest BCUT2D eigenvalue weighted by atomic mass is 32.2. The van der Waals surface area contributed by atoms with Gasteiger partial charge < -0.3 is 20.1 Å². The van der Waals surface area contributed by atoms with Crippen LogP contribution in [0.1, 0.15) is 37.0 Å². The summed E-state index contributed by atoms with van der Waals surface area (Å²) in [6.45, 7) is 4.90. The quantitative estimate of drug-likeness (QED) is 0.531. The minimum atomic E-state index is -3.79. The molecule has 0 radical (unpaired) electrons. The summed E-state index contributed by atoms with van der Waals surface area (Å²) >= 11 is 0. The standard InChI is InChI=1S/C24H31N3O6S/c1-4-32-19-13-11-18(12-14-19)27(34(3,30)31)17(2)23(28)26-22-10-6-5-9-21(22)24(29)25-16-20-8-7-15-33-20/h5-6,9-14,17,20H,4,7-8,15-16H2,1-3H3,(H,25,29)(H,26,28)/t17-,20+/m0/s1. The second-order valence-corrected chi connectivity index (χ2v) is 9.90. The molecule has 0 aliphatic carbocycles. The van der Waals surface area contributed by atoms with Gasteiger partial charge in [-0.1, -0.05) is 12.1 Å². The predicted molar refractivity (Wildman–Crippen MR) is 131 cm³/mol. The molecule has 0 aromatic heterocycles. The van der Waals surface area contributed by atoms with E-state index in [4.69, 9.17) is 9.47 Å². The predicted octanol–water partition coefficient (Wildman–Crippen LogP) is 2.79. The molecule has 1 aliphatic rings. The van der Waals surface area contributed by atoms with Gasteiger partial charge in [-0.2, -0.15) is 0 Å². The zero-order valence-electron chi connectivity index (χ0n) is 19.6. The lowest BCUT2D eigenvalue weighted by Crippen LogP contribution is -2.45. The summed E-state index contributed by atoms with van der Waals surface area (Å²) in [5, 5.41) is 5.55. The van der Waals surface area contributed by atoms with Crippen molar-refractivity contribution in [1.82, 2.24) is 5.32 Å². The lowest BCUT2D eigenvalue weighted by atomic mass is 10.1. The molecule has 2 N–H and O–H groups in total. The molecule has 2 aromatic rings. The van der Waals surface area contributed by atoms with Crippen molar-refractivity contribution in [3.05, 3.63) is 54.1 Å². The normalized spacial score (nSPS) is 16.5. The molecule has 1 saturated heterocycles. The highest BCUT2D eigenvalue weighted by Crippen LogP contribution is 2.25. The van der Waals surface area contributed by atoms with Crippen LogP contribution in [0.15, 0.2) is 48.5 Å². The van der Waals surface area contributed by atoms with E-state index in [1.807, 2.05) is 6.92 Å². The second kappa shape index (κ2) is 11.3. The fraction of sp³-hybridized carbons (Fsp3) is 0.417. The van der Waals surface area contributed by atoms with Crippen molar-refractivity contribution < 1.29 is 27.5 Å². The molecule has 3 rings (SSSR count). The van der Waals surface area contributed by atoms with Crippen molar-refractivity contribution in [1.29, 1.82) is 0 Å². The molecule has 0 unspecified atom stereocenters. The van der Waals surface area contributed by atoms with E-state index in [9.17, 15) is 18.0 Å². The zero-order valence-corrected chi connectivity index (χ0v) is 20.4. The van der Waals surface area contributed by atoms with E-state index in [2.05, 4.69) is 10.6 Å². The van der Waals surface area contributed by atoms with E-state index in [-0.39, 0.29) is 17.6 Å². The van der Waals surface area contributed by atoms with Gasteiger partial charge in [0.05, 0.1) is 35.9 Å². The highest BCUT2D eigenvalue weighted by Gasteiger charge is 2.30. The molecule has 1 heterocycles. The van der Waals surface area contributed by atoms with E-state index in [0.29, 0.717) is 36.9 Å². The SMILES string of the molecule is CCOc1ccc(N([C@@H](C)C(=O)Nc2ccccc2C(=O)NC[C@H]2CCCO2)S(C)(=O)=O)cc1. The monoisotopic (exact) mass is 489 g/mol. The number of nitrogens with zero attached hydrogens (tertiary/aromatic N) is 1. The topological polar surface area (TPSA) is 114 Å². The van der Waals surface area contributed by atoms with Gasteiger partial charge in [0.25, 0.3) is 5.91 Å². The van der Waals surface area contributed by atoms with E-state index in [1.54, 1.807) is 48.5 Å². The molecule has 0 saturated carbocycles. The maximum absolute atomic E-state index is 13.1. The van der Waals surface area contributed by atoms with Gasteiger partial charge in [0.1, 0.15) is 11.8 Å². The van der Waals surface area contributed by atoms with E-state index >= 15 is 0 Å². The van der Waals surface area contributed by atoms with Gasteiger partial charge >= 0.3 is 0 Å². The van der Waals surface area contributed by atoms with Crippen molar-refractivity contribution >= 4 is 33.2 Å². The van der Waals surface area contributed by atoms with Crippen molar-refractivity contribution in [3.63, 3.8) is 0 Å². The summed E-state index contributed by atoms with van der Waals surface area (Å²) in [5.74, 6) is -0.316. The fourth-order valence-electron chi connectivity index (χ4n) is 3.80. The Bertz CT molecular complexity index is 1100. The molecule has 9 nitrogen and oxygen atoms in total. The molecule has 1 aliphatic heterocycles. The number of hydrogen-bond acceptors (Lipinski definition) is 6. The number of amides is 2. The summed E-state index contributed by atoms with van der Waals surface area (Å²) in [5.41, 5.74) is 0.911. The fourth-order valence-corrected chi connectivity index (χ4v) is 4.97. The first-order chi connectivity index (χ1) is 16.2. The van der Waals surface area contributed by atoms with Gasteiger partial charge in [0.2, 0.25) is 15.9 Å². The maximum Gasteiger partial charge on any atom is 0.253 e. The Morgan fingerprint density at radius 2 is 1.88 bits per heavy atom. The molecule has 184 valence electrons. The molecule has 2 amide bonds. The number of ether oxygens (including phenoxy) is 2. The van der Waals surface area contributed by atoms with Crippen molar-refractivity contribution in [3.8, 4) is 5.75 Å². The average Bonchev–Trinajstić information content (AvgIpc) is 3.32. The molecular weight excluding hydrogens is 458 g/mol. The Labute approximate surface area is 200 Å². The van der Waals surface area contributed by atoms with Gasteiger partial charge in [-0.15, -0.1) is 0 Å². The van der Waals surface area contributed by atoms with Crippen LogP contribution in [0.5, 0.6) is 5.75 Å². The zero-order chi connectivity index (χ0) is 24.7. The number of sulfonamides is 1. The van der Waals surface area contributed by atoms with Crippen LogP contribution in [0.3, 0.4) is 0 Å². The van der Waals surface area contributed by atoms with E-state index in [0.717, 1.165) is 23.4 Å². The van der Waals surface area contributed by atoms with Crippen molar-refractivity contribution in [2.75, 3.05) is 35.6 Å². The Balaban J connectivity index is 1.76. The third-order valence-electron chi connectivity index (χ3n) is 5.43. The number of hydrogen-bond donors (Lipinski definition) is 2.